The summed E-state index contributed by atoms with van der Waals surface area (Å²) in [5, 5.41) is 19.7. The van der Waals surface area contributed by atoms with Gasteiger partial charge in [-0.15, -0.1) is 0 Å². The molecule has 0 bridgehead atoms. The Morgan fingerprint density at radius 1 is 1.23 bits per heavy atom. The third-order valence-corrected chi connectivity index (χ3v) is 4.43. The molecular weight excluding hydrogens is 408 g/mol. The Morgan fingerprint density at radius 2 is 1.90 bits per heavy atom. The van der Waals surface area contributed by atoms with Crippen LogP contribution in [0.4, 0.5) is 11.4 Å². The first-order valence-corrected chi connectivity index (χ1v) is 9.18. The van der Waals surface area contributed by atoms with Gasteiger partial charge < -0.3 is 0 Å². The largest absolute Gasteiger partial charge is 0.293 e. The fourth-order valence-electron chi connectivity index (χ4n) is 2.58. The van der Waals surface area contributed by atoms with E-state index in [9.17, 15) is 19.7 Å². The molecule has 0 saturated carbocycles. The third kappa shape index (κ3) is 4.82. The van der Waals surface area contributed by atoms with Crippen molar-refractivity contribution in [3.8, 4) is 0 Å². The summed E-state index contributed by atoms with van der Waals surface area (Å²) < 4.78 is 0. The van der Waals surface area contributed by atoms with E-state index in [1.807, 2.05) is 0 Å². The maximum Gasteiger partial charge on any atom is 0.275 e. The minimum absolute atomic E-state index is 0.0276. The molecule has 1 amide bonds. The molecule has 30 heavy (non-hydrogen) atoms. The highest BCUT2D eigenvalue weighted by Gasteiger charge is 2.34. The molecule has 0 fully saturated rings. The van der Waals surface area contributed by atoms with Crippen molar-refractivity contribution in [2.45, 2.75) is 13.0 Å². The highest BCUT2D eigenvalue weighted by molar-refractivity contribution is 7.80. The van der Waals surface area contributed by atoms with E-state index in [1.54, 1.807) is 37.3 Å². The first-order valence-electron chi connectivity index (χ1n) is 8.77. The Bertz CT molecular complexity index is 1050. The molecule has 1 aliphatic rings. The van der Waals surface area contributed by atoms with E-state index in [0.29, 0.717) is 17.0 Å². The fourth-order valence-corrected chi connectivity index (χ4v) is 2.88. The molecule has 0 aliphatic carbocycles. The number of amides is 1. The number of Topliss-reactive ketones (excluding diaryl/α,β-unsaturated/α-hetero) is 1. The number of benzene rings is 2. The molecule has 11 heteroatoms. The Hall–Kier alpha value is -3.70. The van der Waals surface area contributed by atoms with Crippen LogP contribution in [0.5, 0.6) is 0 Å². The second kappa shape index (κ2) is 9.20. The van der Waals surface area contributed by atoms with Gasteiger partial charge in [-0.25, -0.2) is 15.4 Å². The summed E-state index contributed by atoms with van der Waals surface area (Å²) in [6.07, 6.45) is 0. The van der Waals surface area contributed by atoms with E-state index in [0.717, 1.165) is 5.01 Å². The number of rotatable bonds is 7. The lowest BCUT2D eigenvalue weighted by atomic mass is 10.1. The second-order valence-electron chi connectivity index (χ2n) is 6.23. The predicted molar refractivity (Wildman–Crippen MR) is 113 cm³/mol. The normalized spacial score (nSPS) is 16.6. The van der Waals surface area contributed by atoms with Crippen molar-refractivity contribution in [1.82, 2.24) is 10.4 Å². The van der Waals surface area contributed by atoms with Gasteiger partial charge in [0.15, 0.2) is 11.8 Å². The summed E-state index contributed by atoms with van der Waals surface area (Å²) in [6.45, 7) is 1.44. The van der Waals surface area contributed by atoms with Gasteiger partial charge in [0.1, 0.15) is 0 Å². The number of nitro benzene ring substituents is 1. The molecule has 0 spiro atoms. The van der Waals surface area contributed by atoms with Gasteiger partial charge >= 0.3 is 0 Å². The summed E-state index contributed by atoms with van der Waals surface area (Å²) in [5.74, 6) is -0.749. The Morgan fingerprint density at radius 3 is 2.53 bits per heavy atom. The molecule has 2 aromatic carbocycles. The van der Waals surface area contributed by atoms with Crippen LogP contribution >= 0.6 is 12.2 Å². The van der Waals surface area contributed by atoms with E-state index in [4.69, 9.17) is 12.2 Å². The van der Waals surface area contributed by atoms with Crippen LogP contribution in [0.3, 0.4) is 0 Å². The van der Waals surface area contributed by atoms with Crippen molar-refractivity contribution >= 4 is 46.1 Å². The van der Waals surface area contributed by atoms with E-state index in [1.165, 1.54) is 24.3 Å². The summed E-state index contributed by atoms with van der Waals surface area (Å²) >= 11 is 5.13. The first kappa shape index (κ1) is 21.0. The standard InChI is InChI=1S/C19H16N6O4S/c1-12-17(23-22-14-7-9-15(10-8-14)25(28)29)18(27)24(19(30)21-12)20-11-16(26)13-5-3-2-4-6-13/h2-10,17,20H,11H2,1H3. The number of hydrogen-bond donors (Lipinski definition) is 1. The Kier molecular flexibility index (Phi) is 6.45. The van der Waals surface area contributed by atoms with Crippen LogP contribution in [0.15, 0.2) is 69.8 Å². The highest BCUT2D eigenvalue weighted by atomic mass is 32.1. The molecular formula is C19H16N6O4S. The van der Waals surface area contributed by atoms with Crippen LogP contribution in [0, 0.1) is 10.1 Å². The maximum absolute atomic E-state index is 12.8. The van der Waals surface area contributed by atoms with Crippen molar-refractivity contribution in [3.05, 3.63) is 70.3 Å². The van der Waals surface area contributed by atoms with Gasteiger partial charge in [-0.1, -0.05) is 30.3 Å². The molecule has 2 aromatic rings. The monoisotopic (exact) mass is 424 g/mol. The number of carbonyl (C=O) groups is 2. The molecule has 10 nitrogen and oxygen atoms in total. The summed E-state index contributed by atoms with van der Waals surface area (Å²) in [6, 6.07) is 13.0. The number of thiocarbonyl (C=S) groups is 1. The predicted octanol–water partition coefficient (Wildman–Crippen LogP) is 3.02. The van der Waals surface area contributed by atoms with Gasteiger partial charge in [-0.05, 0) is 31.3 Å². The lowest BCUT2D eigenvalue weighted by Gasteiger charge is -2.28. The molecule has 1 heterocycles. The number of aliphatic imine (C=N–C) groups is 1. The van der Waals surface area contributed by atoms with Gasteiger partial charge in [0.25, 0.3) is 11.6 Å². The van der Waals surface area contributed by atoms with Crippen LogP contribution in [-0.4, -0.2) is 45.0 Å². The molecule has 1 atom stereocenters. The molecule has 0 saturated heterocycles. The van der Waals surface area contributed by atoms with E-state index in [2.05, 4.69) is 20.6 Å². The SMILES string of the molecule is CC1=NC(=S)N(NCC(=O)c2ccccc2)C(=O)C1N=Nc1ccc([N+](=O)[O-])cc1. The van der Waals surface area contributed by atoms with Gasteiger partial charge in [-0.2, -0.15) is 10.2 Å². The van der Waals surface area contributed by atoms with Crippen LogP contribution in [0.2, 0.25) is 0 Å². The zero-order chi connectivity index (χ0) is 21.7. The molecule has 1 aliphatic heterocycles. The van der Waals surface area contributed by atoms with Crippen molar-refractivity contribution in [3.63, 3.8) is 0 Å². The van der Waals surface area contributed by atoms with Crippen molar-refractivity contribution in [2.24, 2.45) is 15.2 Å². The number of azo groups is 1. The third-order valence-electron chi connectivity index (χ3n) is 4.16. The molecule has 152 valence electrons. The number of non-ortho nitro benzene ring substituents is 1. The summed E-state index contributed by atoms with van der Waals surface area (Å²) in [5.41, 5.74) is 3.80. The summed E-state index contributed by atoms with van der Waals surface area (Å²) in [7, 11) is 0. The van der Waals surface area contributed by atoms with E-state index >= 15 is 0 Å². The topological polar surface area (TPSA) is 130 Å². The number of hydrazine groups is 1. The number of carbonyl (C=O) groups excluding carboxylic acids is 2. The van der Waals surface area contributed by atoms with E-state index in [-0.39, 0.29) is 23.1 Å². The molecule has 1 N–H and O–H groups in total. The Labute approximate surface area is 176 Å². The molecule has 0 radical (unpaired) electrons. The molecule has 3 rings (SSSR count). The second-order valence-corrected chi connectivity index (χ2v) is 6.59. The lowest BCUT2D eigenvalue weighted by Crippen LogP contribution is -2.55. The molecule has 1 unspecified atom stereocenters. The first-order chi connectivity index (χ1) is 14.4. The fraction of sp³-hybridized carbons (Fsp3) is 0.158. The molecule has 0 aromatic heterocycles. The van der Waals surface area contributed by atoms with Crippen molar-refractivity contribution in [2.75, 3.05) is 6.54 Å². The van der Waals surface area contributed by atoms with Gasteiger partial charge in [0.2, 0.25) is 5.11 Å². The lowest BCUT2D eigenvalue weighted by molar-refractivity contribution is -0.384. The van der Waals surface area contributed by atoms with Crippen LogP contribution in [0.25, 0.3) is 0 Å². The smallest absolute Gasteiger partial charge is 0.275 e. The van der Waals surface area contributed by atoms with Gasteiger partial charge in [0.05, 0.1) is 22.9 Å². The number of hydrogen-bond acceptors (Lipinski definition) is 8. The van der Waals surface area contributed by atoms with Crippen molar-refractivity contribution < 1.29 is 14.5 Å². The average molecular weight is 424 g/mol. The highest BCUT2D eigenvalue weighted by Crippen LogP contribution is 2.20. The quantitative estimate of drug-likeness (QED) is 0.239. The van der Waals surface area contributed by atoms with E-state index < -0.39 is 16.9 Å². The number of nitrogens with one attached hydrogen (secondary N) is 1. The number of ketones is 1. The average Bonchev–Trinajstić information content (AvgIpc) is 2.74. The zero-order valence-corrected chi connectivity index (χ0v) is 16.6. The van der Waals surface area contributed by atoms with Gasteiger partial charge in [0, 0.05) is 17.7 Å². The number of nitrogens with zero attached hydrogens (tertiary/aromatic N) is 5. The Balaban J connectivity index is 1.70. The number of nitro groups is 1. The zero-order valence-electron chi connectivity index (χ0n) is 15.8. The minimum Gasteiger partial charge on any atom is -0.293 e. The minimum atomic E-state index is -1.04. The van der Waals surface area contributed by atoms with Crippen molar-refractivity contribution in [1.29, 1.82) is 0 Å². The maximum atomic E-state index is 12.8. The van der Waals surface area contributed by atoms with Crippen LogP contribution in [-0.2, 0) is 4.79 Å². The van der Waals surface area contributed by atoms with Gasteiger partial charge in [-0.3, -0.25) is 19.7 Å². The van der Waals surface area contributed by atoms with Crippen LogP contribution < -0.4 is 5.43 Å². The summed E-state index contributed by atoms with van der Waals surface area (Å²) in [4.78, 5) is 39.4. The van der Waals surface area contributed by atoms with Crippen LogP contribution in [0.1, 0.15) is 17.3 Å².